The van der Waals surface area contributed by atoms with Crippen molar-refractivity contribution < 1.29 is 23.1 Å². The van der Waals surface area contributed by atoms with E-state index in [0.717, 1.165) is 5.56 Å². The number of aliphatic carboxylic acids is 1. The second kappa shape index (κ2) is 6.37. The van der Waals surface area contributed by atoms with Crippen molar-refractivity contribution in [2.45, 2.75) is 18.2 Å². The van der Waals surface area contributed by atoms with Crippen LogP contribution in [0.3, 0.4) is 0 Å². The molecule has 2 rings (SSSR count). The first kappa shape index (κ1) is 16.3. The lowest BCUT2D eigenvalue weighted by molar-refractivity contribution is -0.136. The predicted octanol–water partition coefficient (Wildman–Crippen LogP) is 2.49. The van der Waals surface area contributed by atoms with Crippen LogP contribution < -0.4 is 9.46 Å². The highest BCUT2D eigenvalue weighted by molar-refractivity contribution is 7.92. The number of nitrogens with one attached hydrogen (secondary N) is 1. The number of hydrogen-bond donors (Lipinski definition) is 2. The third-order valence-electron chi connectivity index (χ3n) is 2.97. The van der Waals surface area contributed by atoms with Gasteiger partial charge in [0, 0.05) is 5.38 Å². The fourth-order valence-electron chi connectivity index (χ4n) is 1.88. The van der Waals surface area contributed by atoms with Crippen molar-refractivity contribution >= 4 is 33.0 Å². The van der Waals surface area contributed by atoms with E-state index in [1.807, 2.05) is 5.38 Å². The molecule has 0 fully saturated rings. The summed E-state index contributed by atoms with van der Waals surface area (Å²) in [5.41, 5.74) is 1.70. The Morgan fingerprint density at radius 1 is 1.36 bits per heavy atom. The van der Waals surface area contributed by atoms with Gasteiger partial charge in [0.25, 0.3) is 10.0 Å². The van der Waals surface area contributed by atoms with Crippen LogP contribution in [0.4, 0.5) is 5.69 Å². The summed E-state index contributed by atoms with van der Waals surface area (Å²) >= 11 is 1.39. The van der Waals surface area contributed by atoms with Gasteiger partial charge >= 0.3 is 5.97 Å². The minimum absolute atomic E-state index is 0.0839. The number of rotatable bonds is 6. The second-order valence-corrected chi connectivity index (χ2v) is 7.02. The summed E-state index contributed by atoms with van der Waals surface area (Å²) in [7, 11) is -2.51. The Balaban J connectivity index is 2.44. The summed E-state index contributed by atoms with van der Waals surface area (Å²) in [4.78, 5) is 10.7. The lowest BCUT2D eigenvalue weighted by atomic mass is 10.1. The summed E-state index contributed by atoms with van der Waals surface area (Å²) in [5.74, 6) is -0.871. The quantitative estimate of drug-likeness (QED) is 0.842. The highest BCUT2D eigenvalue weighted by atomic mass is 32.2. The van der Waals surface area contributed by atoms with Gasteiger partial charge in [-0.15, -0.1) is 11.3 Å². The molecular formula is C14H15NO5S2. The molecule has 0 saturated carbocycles. The number of hydrogen-bond acceptors (Lipinski definition) is 5. The molecule has 8 heteroatoms. The Labute approximate surface area is 132 Å². The van der Waals surface area contributed by atoms with Crippen LogP contribution in [0.1, 0.15) is 11.1 Å². The van der Waals surface area contributed by atoms with Crippen LogP contribution in [0, 0.1) is 6.92 Å². The van der Waals surface area contributed by atoms with Crippen LogP contribution in [-0.2, 0) is 21.2 Å². The number of sulfonamides is 1. The van der Waals surface area contributed by atoms with Gasteiger partial charge in [0.1, 0.15) is 10.6 Å². The molecule has 2 N–H and O–H groups in total. The average molecular weight is 341 g/mol. The zero-order valence-corrected chi connectivity index (χ0v) is 13.6. The number of ether oxygens (including phenoxy) is 1. The number of carboxylic acids is 1. The molecule has 0 atom stereocenters. The topological polar surface area (TPSA) is 92.7 Å². The van der Waals surface area contributed by atoms with Gasteiger partial charge in [0.05, 0.1) is 19.2 Å². The molecule has 0 aliphatic heterocycles. The first-order valence-corrected chi connectivity index (χ1v) is 8.70. The van der Waals surface area contributed by atoms with Gasteiger partial charge < -0.3 is 9.84 Å². The van der Waals surface area contributed by atoms with E-state index in [0.29, 0.717) is 11.3 Å². The summed E-state index contributed by atoms with van der Waals surface area (Å²) in [6.45, 7) is 1.80. The Morgan fingerprint density at radius 2 is 2.09 bits per heavy atom. The van der Waals surface area contributed by atoms with Crippen molar-refractivity contribution in [2.75, 3.05) is 11.8 Å². The molecule has 0 aliphatic carbocycles. The third kappa shape index (κ3) is 3.58. The average Bonchev–Trinajstić information content (AvgIpc) is 2.83. The van der Waals surface area contributed by atoms with Gasteiger partial charge in [-0.3, -0.25) is 9.52 Å². The number of carbonyl (C=O) groups is 1. The molecule has 2 aromatic rings. The minimum atomic E-state index is -3.87. The van der Waals surface area contributed by atoms with Crippen LogP contribution >= 0.6 is 11.3 Å². The number of carboxylic acid groups (broad SMARTS) is 1. The first-order chi connectivity index (χ1) is 10.3. The molecule has 22 heavy (non-hydrogen) atoms. The fraction of sp³-hybridized carbons (Fsp3) is 0.214. The van der Waals surface area contributed by atoms with Crippen molar-refractivity contribution in [3.8, 4) is 5.75 Å². The van der Waals surface area contributed by atoms with Crippen LogP contribution in [0.15, 0.2) is 33.9 Å². The van der Waals surface area contributed by atoms with E-state index in [2.05, 4.69) is 4.72 Å². The van der Waals surface area contributed by atoms with Crippen molar-refractivity contribution in [1.82, 2.24) is 0 Å². The van der Waals surface area contributed by atoms with Gasteiger partial charge in [0.2, 0.25) is 0 Å². The highest BCUT2D eigenvalue weighted by Gasteiger charge is 2.21. The van der Waals surface area contributed by atoms with E-state index >= 15 is 0 Å². The Hall–Kier alpha value is -2.06. The zero-order chi connectivity index (χ0) is 16.3. The maximum atomic E-state index is 12.5. The Bertz CT molecular complexity index is 795. The summed E-state index contributed by atoms with van der Waals surface area (Å²) in [6, 6.07) is 4.30. The molecule has 0 spiro atoms. The molecule has 0 aliphatic rings. The molecule has 0 saturated heterocycles. The van der Waals surface area contributed by atoms with Gasteiger partial charge in [-0.25, -0.2) is 8.42 Å². The molecule has 0 bridgehead atoms. The molecule has 1 aromatic carbocycles. The number of aryl methyl sites for hydroxylation is 1. The van der Waals surface area contributed by atoms with Crippen LogP contribution in [0.5, 0.6) is 5.75 Å². The van der Waals surface area contributed by atoms with Crippen molar-refractivity contribution in [3.05, 3.63) is 40.1 Å². The van der Waals surface area contributed by atoms with E-state index < -0.39 is 16.0 Å². The Morgan fingerprint density at radius 3 is 2.64 bits per heavy atom. The molecule has 6 nitrogen and oxygen atoms in total. The number of methoxy groups -OCH3 is 1. The molecule has 0 amide bonds. The normalized spacial score (nSPS) is 11.2. The molecule has 1 aromatic heterocycles. The van der Waals surface area contributed by atoms with Crippen molar-refractivity contribution in [1.29, 1.82) is 0 Å². The zero-order valence-electron chi connectivity index (χ0n) is 12.0. The summed E-state index contributed by atoms with van der Waals surface area (Å²) in [5, 5.41) is 12.4. The highest BCUT2D eigenvalue weighted by Crippen LogP contribution is 2.29. The lowest BCUT2D eigenvalue weighted by Gasteiger charge is -2.12. The van der Waals surface area contributed by atoms with E-state index in [9.17, 15) is 13.2 Å². The predicted molar refractivity (Wildman–Crippen MR) is 84.2 cm³/mol. The molecule has 0 unspecified atom stereocenters. The van der Waals surface area contributed by atoms with Gasteiger partial charge in [-0.05, 0) is 35.6 Å². The van der Waals surface area contributed by atoms with Crippen LogP contribution in [0.25, 0.3) is 0 Å². The summed E-state index contributed by atoms with van der Waals surface area (Å²) in [6.07, 6.45) is -0.260. The van der Waals surface area contributed by atoms with Crippen molar-refractivity contribution in [3.63, 3.8) is 0 Å². The Kier molecular flexibility index (Phi) is 4.72. The lowest BCUT2D eigenvalue weighted by Crippen LogP contribution is -2.15. The maximum absolute atomic E-state index is 12.5. The number of benzene rings is 1. The molecule has 1 heterocycles. The minimum Gasteiger partial charge on any atom is -0.495 e. The van der Waals surface area contributed by atoms with E-state index in [1.165, 1.54) is 36.6 Å². The smallest absolute Gasteiger partial charge is 0.307 e. The van der Waals surface area contributed by atoms with E-state index in [1.54, 1.807) is 12.3 Å². The van der Waals surface area contributed by atoms with Gasteiger partial charge in [0.15, 0.2) is 0 Å². The van der Waals surface area contributed by atoms with E-state index in [4.69, 9.17) is 9.84 Å². The largest absolute Gasteiger partial charge is 0.495 e. The monoisotopic (exact) mass is 341 g/mol. The van der Waals surface area contributed by atoms with Gasteiger partial charge in [-0.2, -0.15) is 0 Å². The fourth-order valence-corrected chi connectivity index (χ4v) is 4.08. The first-order valence-electron chi connectivity index (χ1n) is 6.28. The second-order valence-electron chi connectivity index (χ2n) is 4.63. The molecular weight excluding hydrogens is 326 g/mol. The SMILES string of the molecule is COc1ccc(CC(=O)O)cc1S(=O)(=O)Nc1cscc1C. The summed E-state index contributed by atoms with van der Waals surface area (Å²) < 4.78 is 32.6. The van der Waals surface area contributed by atoms with Crippen LogP contribution in [0.2, 0.25) is 0 Å². The molecule has 0 radical (unpaired) electrons. The number of anilines is 1. The van der Waals surface area contributed by atoms with Crippen LogP contribution in [-0.4, -0.2) is 26.6 Å². The van der Waals surface area contributed by atoms with Crippen molar-refractivity contribution in [2.24, 2.45) is 0 Å². The standard InChI is InChI=1S/C14H15NO5S2/c1-9-7-21-8-11(9)15-22(18,19)13-5-10(6-14(16)17)3-4-12(13)20-2/h3-5,7-8,15H,6H2,1-2H3,(H,16,17). The maximum Gasteiger partial charge on any atom is 0.307 e. The van der Waals surface area contributed by atoms with Gasteiger partial charge in [-0.1, -0.05) is 6.07 Å². The molecule has 118 valence electrons. The van der Waals surface area contributed by atoms with E-state index in [-0.39, 0.29) is 17.1 Å². The number of thiophene rings is 1. The third-order valence-corrected chi connectivity index (χ3v) is 5.22.